The third-order valence-electron chi connectivity index (χ3n) is 9.77. The van der Waals surface area contributed by atoms with E-state index in [2.05, 4.69) is 126 Å². The molecule has 0 radical (unpaired) electrons. The van der Waals surface area contributed by atoms with Gasteiger partial charge in [-0.15, -0.1) is 0 Å². The predicted molar refractivity (Wildman–Crippen MR) is 209 cm³/mol. The maximum atomic E-state index is 6.56. The van der Waals surface area contributed by atoms with Gasteiger partial charge in [-0.05, 0) is 107 Å². The molecule has 0 amide bonds. The number of hydrogen-bond acceptors (Lipinski definition) is 3. The fourth-order valence-corrected chi connectivity index (χ4v) is 7.66. The molecule has 7 aromatic rings. The van der Waals surface area contributed by atoms with Gasteiger partial charge in [0.05, 0.1) is 22.9 Å². The molecule has 0 bridgehead atoms. The maximum Gasteiger partial charge on any atom is 0.137 e. The van der Waals surface area contributed by atoms with Crippen molar-refractivity contribution in [1.82, 2.24) is 19.3 Å². The van der Waals surface area contributed by atoms with Crippen LogP contribution in [0.1, 0.15) is 94.0 Å². The molecule has 0 saturated heterocycles. The van der Waals surface area contributed by atoms with Gasteiger partial charge in [0, 0.05) is 40.9 Å². The van der Waals surface area contributed by atoms with Crippen molar-refractivity contribution in [3.05, 3.63) is 131 Å². The number of rotatable bonds is 11. The van der Waals surface area contributed by atoms with Gasteiger partial charge < -0.3 is 4.74 Å². The topological polar surface area (TPSA) is 44.9 Å². The minimum Gasteiger partial charge on any atom is -0.457 e. The fraction of sp³-hybridized carbons (Fsp3) is 0.289. The van der Waals surface area contributed by atoms with E-state index in [0.29, 0.717) is 11.8 Å². The molecule has 0 N–H and O–H groups in total. The average molecular weight is 661 g/mol. The quantitative estimate of drug-likeness (QED) is 0.139. The molecule has 254 valence electrons. The summed E-state index contributed by atoms with van der Waals surface area (Å²) in [6, 6.07) is 29.7. The Balaban J connectivity index is 1.26. The zero-order chi connectivity index (χ0) is 34.9. The van der Waals surface area contributed by atoms with E-state index in [1.807, 2.05) is 35.3 Å². The van der Waals surface area contributed by atoms with Gasteiger partial charge in [-0.25, -0.2) is 9.67 Å². The molecule has 0 aliphatic rings. The summed E-state index contributed by atoms with van der Waals surface area (Å²) >= 11 is 0. The first kappa shape index (κ1) is 33.3. The van der Waals surface area contributed by atoms with Gasteiger partial charge in [-0.3, -0.25) is 4.57 Å². The summed E-state index contributed by atoms with van der Waals surface area (Å²) in [7, 11) is 0. The number of fused-ring (bicyclic) bond motifs is 3. The van der Waals surface area contributed by atoms with Crippen LogP contribution >= 0.6 is 0 Å². The monoisotopic (exact) mass is 660 g/mol. The Morgan fingerprint density at radius 1 is 0.740 bits per heavy atom. The first-order valence-corrected chi connectivity index (χ1v) is 18.2. The van der Waals surface area contributed by atoms with Crippen LogP contribution < -0.4 is 4.74 Å². The van der Waals surface area contributed by atoms with Crippen LogP contribution in [0.2, 0.25) is 0 Å². The molecule has 0 fully saturated rings. The van der Waals surface area contributed by atoms with Crippen LogP contribution in [0.25, 0.3) is 44.4 Å². The minimum atomic E-state index is 0.459. The molecule has 3 aromatic heterocycles. The summed E-state index contributed by atoms with van der Waals surface area (Å²) in [6.45, 7) is 16.0. The van der Waals surface area contributed by atoms with E-state index >= 15 is 0 Å². The Hall–Kier alpha value is -5.16. The number of pyridine rings is 1. The maximum absolute atomic E-state index is 6.56. The molecule has 3 heterocycles. The van der Waals surface area contributed by atoms with Gasteiger partial charge in [-0.2, -0.15) is 5.10 Å². The average Bonchev–Trinajstić information content (AvgIpc) is 3.71. The Bertz CT molecular complexity index is 2300. The van der Waals surface area contributed by atoms with Gasteiger partial charge in [0.1, 0.15) is 17.3 Å². The van der Waals surface area contributed by atoms with E-state index in [1.165, 1.54) is 49.7 Å². The summed E-state index contributed by atoms with van der Waals surface area (Å²) < 4.78 is 10.8. The largest absolute Gasteiger partial charge is 0.457 e. The summed E-state index contributed by atoms with van der Waals surface area (Å²) in [5.74, 6) is 3.37. The number of nitrogens with zero attached hydrogens (tertiary/aromatic N) is 4. The van der Waals surface area contributed by atoms with E-state index in [0.717, 1.165) is 59.7 Å². The van der Waals surface area contributed by atoms with Crippen LogP contribution in [0.3, 0.4) is 0 Å². The van der Waals surface area contributed by atoms with Gasteiger partial charge >= 0.3 is 0 Å². The summed E-state index contributed by atoms with van der Waals surface area (Å²) in [5.41, 5.74) is 12.8. The molecule has 4 aromatic carbocycles. The first-order valence-electron chi connectivity index (χ1n) is 18.2. The Morgan fingerprint density at radius 2 is 1.52 bits per heavy atom. The first-order chi connectivity index (χ1) is 24.3. The molecule has 0 unspecified atom stereocenters. The highest BCUT2D eigenvalue weighted by Crippen LogP contribution is 2.40. The summed E-state index contributed by atoms with van der Waals surface area (Å²) in [5, 5.41) is 7.27. The van der Waals surface area contributed by atoms with Gasteiger partial charge in [0.25, 0.3) is 0 Å². The highest BCUT2D eigenvalue weighted by molar-refractivity contribution is 6.09. The van der Waals surface area contributed by atoms with Crippen LogP contribution in [0.15, 0.2) is 104 Å². The Morgan fingerprint density at radius 3 is 2.28 bits per heavy atom. The fourth-order valence-electron chi connectivity index (χ4n) is 7.66. The van der Waals surface area contributed by atoms with Crippen LogP contribution in [0.4, 0.5) is 0 Å². The lowest BCUT2D eigenvalue weighted by molar-refractivity contribution is 0.483. The summed E-state index contributed by atoms with van der Waals surface area (Å²) in [6.07, 6.45) is 10.5. The third-order valence-corrected chi connectivity index (χ3v) is 9.77. The van der Waals surface area contributed by atoms with E-state index in [9.17, 15) is 0 Å². The van der Waals surface area contributed by atoms with Gasteiger partial charge in [-0.1, -0.05) is 84.7 Å². The molecule has 0 aliphatic heterocycles. The van der Waals surface area contributed by atoms with E-state index in [1.54, 1.807) is 0 Å². The van der Waals surface area contributed by atoms with Crippen molar-refractivity contribution < 1.29 is 4.74 Å². The van der Waals surface area contributed by atoms with Crippen LogP contribution in [0.5, 0.6) is 11.5 Å². The second-order valence-corrected chi connectivity index (χ2v) is 14.2. The molecule has 7 rings (SSSR count). The molecule has 0 spiro atoms. The molecule has 0 aliphatic carbocycles. The number of aromatic nitrogens is 4. The van der Waals surface area contributed by atoms with Crippen molar-refractivity contribution in [2.45, 2.75) is 86.0 Å². The lowest BCUT2D eigenvalue weighted by atomic mass is 9.79. The van der Waals surface area contributed by atoms with E-state index in [-0.39, 0.29) is 0 Å². The number of aryl methyl sites for hydroxylation is 2. The van der Waals surface area contributed by atoms with Gasteiger partial charge in [0.2, 0.25) is 0 Å². The SMILES string of the molecule is CCCc1cc(C(C)C)c(C(C)C)c(CCC)c1-c1cnn(-c2cccc(Oc3ccc4c5ccccc5n(-c5cc(C)ccn5)c4c3)c2)c1. The predicted octanol–water partition coefficient (Wildman–Crippen LogP) is 12.3. The molecule has 5 nitrogen and oxygen atoms in total. The highest BCUT2D eigenvalue weighted by atomic mass is 16.5. The standard InChI is InChI=1S/C45H48N4O/c1-8-13-32-24-40(29(3)4)44(30(5)6)39(14-9-2)45(32)33-27-47-48(28-33)34-15-12-16-35(25-34)50-36-19-20-38-37-17-10-11-18-41(37)49(42(38)26-36)43-23-31(7)21-22-46-43/h10-12,15-30H,8-9,13-14H2,1-7H3. The molecule has 0 saturated carbocycles. The van der Waals surface area contributed by atoms with Crippen LogP contribution in [-0.4, -0.2) is 19.3 Å². The third kappa shape index (κ3) is 6.22. The van der Waals surface area contributed by atoms with Crippen molar-refractivity contribution in [1.29, 1.82) is 0 Å². The smallest absolute Gasteiger partial charge is 0.137 e. The number of para-hydroxylation sites is 1. The minimum absolute atomic E-state index is 0.459. The van der Waals surface area contributed by atoms with Crippen molar-refractivity contribution in [2.75, 3.05) is 0 Å². The van der Waals surface area contributed by atoms with Crippen molar-refractivity contribution in [3.8, 4) is 34.1 Å². The van der Waals surface area contributed by atoms with Crippen molar-refractivity contribution in [2.24, 2.45) is 0 Å². The molecule has 0 atom stereocenters. The zero-order valence-corrected chi connectivity index (χ0v) is 30.5. The second-order valence-electron chi connectivity index (χ2n) is 14.2. The molecule has 50 heavy (non-hydrogen) atoms. The second kappa shape index (κ2) is 14.0. The van der Waals surface area contributed by atoms with Crippen LogP contribution in [0, 0.1) is 6.92 Å². The Labute approximate surface area is 296 Å². The van der Waals surface area contributed by atoms with Crippen molar-refractivity contribution >= 4 is 21.8 Å². The van der Waals surface area contributed by atoms with Crippen LogP contribution in [-0.2, 0) is 12.8 Å². The lowest BCUT2D eigenvalue weighted by Gasteiger charge is -2.26. The number of benzene rings is 4. The molecular formula is C45H48N4O. The van der Waals surface area contributed by atoms with Gasteiger partial charge in [0.15, 0.2) is 0 Å². The highest BCUT2D eigenvalue weighted by Gasteiger charge is 2.23. The molecular weight excluding hydrogens is 613 g/mol. The van der Waals surface area contributed by atoms with E-state index in [4.69, 9.17) is 14.8 Å². The zero-order valence-electron chi connectivity index (χ0n) is 30.5. The number of ether oxygens (including phenoxy) is 1. The van der Waals surface area contributed by atoms with E-state index < -0.39 is 0 Å². The normalized spacial score (nSPS) is 11.8. The molecule has 5 heteroatoms. The number of hydrogen-bond donors (Lipinski definition) is 0. The van der Waals surface area contributed by atoms with Crippen molar-refractivity contribution in [3.63, 3.8) is 0 Å². The lowest BCUT2D eigenvalue weighted by Crippen LogP contribution is -2.09. The Kier molecular flexibility index (Phi) is 9.33. The summed E-state index contributed by atoms with van der Waals surface area (Å²) in [4.78, 5) is 4.73.